The van der Waals surface area contributed by atoms with E-state index in [1.54, 1.807) is 12.1 Å². The maximum atomic E-state index is 12.3. The largest absolute Gasteiger partial charge is 0.378 e. The molecule has 0 spiro atoms. The Morgan fingerprint density at radius 3 is 2.76 bits per heavy atom. The number of hydrogen-bond donors (Lipinski definition) is 2. The van der Waals surface area contributed by atoms with Gasteiger partial charge in [-0.05, 0) is 25.1 Å². The lowest BCUT2D eigenvalue weighted by Crippen LogP contribution is -2.37. The molecule has 2 fully saturated rings. The van der Waals surface area contributed by atoms with E-state index >= 15 is 0 Å². The lowest BCUT2D eigenvalue weighted by Gasteiger charge is -2.27. The number of anilines is 1. The molecule has 0 unspecified atom stereocenters. The van der Waals surface area contributed by atoms with Crippen LogP contribution in [0.4, 0.5) is 5.82 Å². The average molecular weight is 312 g/mol. The molecule has 2 aliphatic heterocycles. The summed E-state index contributed by atoms with van der Waals surface area (Å²) in [6.45, 7) is 4.45. The molecule has 0 bridgehead atoms. The van der Waals surface area contributed by atoms with Crippen LogP contribution >= 0.6 is 0 Å². The van der Waals surface area contributed by atoms with Crippen LogP contribution in [0.3, 0.4) is 0 Å². The minimum Gasteiger partial charge on any atom is -0.378 e. The van der Waals surface area contributed by atoms with Crippen molar-refractivity contribution in [3.63, 3.8) is 0 Å². The van der Waals surface area contributed by atoms with Crippen LogP contribution in [0, 0.1) is 0 Å². The van der Waals surface area contributed by atoms with Crippen molar-refractivity contribution in [3.05, 3.63) is 18.3 Å². The normalized spacial score (nSPS) is 23.4. The summed E-state index contributed by atoms with van der Waals surface area (Å²) < 4.78 is 32.5. The van der Waals surface area contributed by atoms with Gasteiger partial charge in [-0.15, -0.1) is 0 Å². The minimum absolute atomic E-state index is 0.0334. The van der Waals surface area contributed by atoms with Gasteiger partial charge in [0.15, 0.2) is 0 Å². The molecule has 0 radical (unpaired) electrons. The molecule has 0 aliphatic carbocycles. The monoisotopic (exact) mass is 312 g/mol. The number of ether oxygens (including phenoxy) is 1. The van der Waals surface area contributed by atoms with E-state index in [2.05, 4.69) is 19.9 Å². The van der Waals surface area contributed by atoms with Crippen molar-refractivity contribution in [2.24, 2.45) is 0 Å². The van der Waals surface area contributed by atoms with Crippen molar-refractivity contribution in [1.82, 2.24) is 15.0 Å². The van der Waals surface area contributed by atoms with Crippen molar-refractivity contribution in [1.29, 1.82) is 0 Å². The van der Waals surface area contributed by atoms with Gasteiger partial charge in [-0.3, -0.25) is 0 Å². The van der Waals surface area contributed by atoms with Crippen molar-refractivity contribution in [3.8, 4) is 0 Å². The first-order chi connectivity index (χ1) is 10.1. The Morgan fingerprint density at radius 1 is 1.33 bits per heavy atom. The molecule has 2 saturated heterocycles. The fourth-order valence-corrected chi connectivity index (χ4v) is 3.77. The van der Waals surface area contributed by atoms with Gasteiger partial charge in [0.05, 0.1) is 13.2 Å². The van der Waals surface area contributed by atoms with Gasteiger partial charge in [0.25, 0.3) is 0 Å². The Balaban J connectivity index is 1.70. The van der Waals surface area contributed by atoms with E-state index in [9.17, 15) is 8.42 Å². The van der Waals surface area contributed by atoms with E-state index < -0.39 is 10.0 Å². The van der Waals surface area contributed by atoms with E-state index in [4.69, 9.17) is 4.74 Å². The number of aromatic nitrogens is 1. The van der Waals surface area contributed by atoms with Crippen molar-refractivity contribution >= 4 is 15.8 Å². The number of hydrogen-bond acceptors (Lipinski definition) is 6. The summed E-state index contributed by atoms with van der Waals surface area (Å²) in [5.41, 5.74) is 0. The highest BCUT2D eigenvalue weighted by atomic mass is 32.2. The Kier molecular flexibility index (Phi) is 4.39. The van der Waals surface area contributed by atoms with Crippen LogP contribution in [0.15, 0.2) is 23.2 Å². The predicted molar refractivity (Wildman–Crippen MR) is 78.9 cm³/mol. The van der Waals surface area contributed by atoms with Crippen LogP contribution in [-0.2, 0) is 14.8 Å². The molecule has 0 aromatic carbocycles. The number of pyridine rings is 1. The van der Waals surface area contributed by atoms with Crippen LogP contribution < -0.4 is 14.9 Å². The highest BCUT2D eigenvalue weighted by molar-refractivity contribution is 7.89. The van der Waals surface area contributed by atoms with E-state index in [1.165, 1.54) is 6.20 Å². The summed E-state index contributed by atoms with van der Waals surface area (Å²) >= 11 is 0. The zero-order valence-corrected chi connectivity index (χ0v) is 12.6. The van der Waals surface area contributed by atoms with Gasteiger partial charge in [0, 0.05) is 31.9 Å². The Labute approximate surface area is 124 Å². The number of rotatable bonds is 4. The molecule has 2 aliphatic rings. The summed E-state index contributed by atoms with van der Waals surface area (Å²) in [6, 6.07) is 3.34. The first-order valence-electron chi connectivity index (χ1n) is 7.17. The fraction of sp³-hybridized carbons (Fsp3) is 0.615. The van der Waals surface area contributed by atoms with Gasteiger partial charge in [-0.25, -0.2) is 18.1 Å². The van der Waals surface area contributed by atoms with Crippen LogP contribution in [0.25, 0.3) is 0 Å². The SMILES string of the molecule is O=S(=O)(N[C@H]1CCNC1)c1ccc(N2CCOCC2)nc1. The van der Waals surface area contributed by atoms with E-state index in [0.717, 1.165) is 31.9 Å². The first-order valence-corrected chi connectivity index (χ1v) is 8.65. The Hall–Kier alpha value is -1.22. The molecule has 1 aromatic rings. The third-order valence-electron chi connectivity index (χ3n) is 3.75. The number of nitrogens with zero attached hydrogens (tertiary/aromatic N) is 2. The van der Waals surface area contributed by atoms with Gasteiger partial charge in [-0.1, -0.05) is 0 Å². The molecule has 21 heavy (non-hydrogen) atoms. The van der Waals surface area contributed by atoms with Gasteiger partial charge in [0.2, 0.25) is 10.0 Å². The maximum Gasteiger partial charge on any atom is 0.242 e. The second kappa shape index (κ2) is 6.27. The molecule has 7 nitrogen and oxygen atoms in total. The summed E-state index contributed by atoms with van der Waals surface area (Å²) in [5, 5.41) is 3.14. The second-order valence-corrected chi connectivity index (χ2v) is 6.98. The highest BCUT2D eigenvalue weighted by Crippen LogP contribution is 2.16. The minimum atomic E-state index is -3.49. The molecule has 116 valence electrons. The van der Waals surface area contributed by atoms with Crippen LogP contribution in [-0.4, -0.2) is 58.8 Å². The maximum absolute atomic E-state index is 12.3. The van der Waals surface area contributed by atoms with E-state index in [-0.39, 0.29) is 10.9 Å². The molecular weight excluding hydrogens is 292 g/mol. The molecule has 0 saturated carbocycles. The van der Waals surface area contributed by atoms with Gasteiger partial charge in [-0.2, -0.15) is 0 Å². The lowest BCUT2D eigenvalue weighted by atomic mass is 10.3. The molecule has 0 amide bonds. The number of morpholine rings is 1. The quantitative estimate of drug-likeness (QED) is 0.784. The van der Waals surface area contributed by atoms with Crippen molar-refractivity contribution in [2.75, 3.05) is 44.3 Å². The van der Waals surface area contributed by atoms with E-state index in [0.29, 0.717) is 19.8 Å². The second-order valence-electron chi connectivity index (χ2n) is 5.26. The molecular formula is C13H20N4O3S. The third kappa shape index (κ3) is 3.52. The predicted octanol–water partition coefficient (Wildman–Crippen LogP) is -0.442. The average Bonchev–Trinajstić information content (AvgIpc) is 3.00. The van der Waals surface area contributed by atoms with Crippen molar-refractivity contribution < 1.29 is 13.2 Å². The Morgan fingerprint density at radius 2 is 2.14 bits per heavy atom. The first kappa shape index (κ1) is 14.7. The Bertz CT molecular complexity index is 564. The van der Waals surface area contributed by atoms with E-state index in [1.807, 2.05) is 0 Å². The third-order valence-corrected chi connectivity index (χ3v) is 5.25. The van der Waals surface area contributed by atoms with Gasteiger partial charge >= 0.3 is 0 Å². The zero-order valence-electron chi connectivity index (χ0n) is 11.8. The smallest absolute Gasteiger partial charge is 0.242 e. The fourth-order valence-electron chi connectivity index (χ4n) is 2.55. The number of nitrogens with one attached hydrogen (secondary N) is 2. The van der Waals surface area contributed by atoms with Crippen LogP contribution in [0.5, 0.6) is 0 Å². The highest BCUT2D eigenvalue weighted by Gasteiger charge is 2.23. The summed E-state index contributed by atoms with van der Waals surface area (Å²) in [7, 11) is -3.49. The van der Waals surface area contributed by atoms with Gasteiger partial charge < -0.3 is 15.0 Å². The molecule has 3 rings (SSSR count). The van der Waals surface area contributed by atoms with Gasteiger partial charge in [0.1, 0.15) is 10.7 Å². The molecule has 2 N–H and O–H groups in total. The molecule has 1 aromatic heterocycles. The molecule has 3 heterocycles. The lowest BCUT2D eigenvalue weighted by molar-refractivity contribution is 0.122. The zero-order chi connectivity index (χ0) is 14.7. The van der Waals surface area contributed by atoms with Crippen LogP contribution in [0.2, 0.25) is 0 Å². The topological polar surface area (TPSA) is 83.6 Å². The summed E-state index contributed by atoms with van der Waals surface area (Å²) in [6.07, 6.45) is 2.24. The number of sulfonamides is 1. The molecule has 8 heteroatoms. The van der Waals surface area contributed by atoms with Crippen molar-refractivity contribution in [2.45, 2.75) is 17.4 Å². The van der Waals surface area contributed by atoms with Crippen LogP contribution in [0.1, 0.15) is 6.42 Å². The molecule has 1 atom stereocenters. The summed E-state index contributed by atoms with van der Waals surface area (Å²) in [4.78, 5) is 6.58. The summed E-state index contributed by atoms with van der Waals surface area (Å²) in [5.74, 6) is 0.791. The standard InChI is InChI=1S/C13H20N4O3S/c18-21(19,16-11-3-4-14-9-11)12-1-2-13(15-10-12)17-5-7-20-8-6-17/h1-2,10-11,14,16H,3-9H2/t11-/m0/s1.